The van der Waals surface area contributed by atoms with E-state index in [4.69, 9.17) is 0 Å². The zero-order valence-corrected chi connectivity index (χ0v) is 8.27. The lowest BCUT2D eigenvalue weighted by Crippen LogP contribution is -2.04. The fourth-order valence-electron chi connectivity index (χ4n) is 1.38. The van der Waals surface area contributed by atoms with Crippen molar-refractivity contribution in [2.75, 3.05) is 11.9 Å². The molecule has 0 amide bonds. The number of nitrogens with one attached hydrogen (secondary N) is 2. The van der Waals surface area contributed by atoms with Crippen LogP contribution >= 0.6 is 0 Å². The molecule has 0 saturated carbocycles. The van der Waals surface area contributed by atoms with Crippen LogP contribution in [0.4, 0.5) is 5.69 Å². The quantitative estimate of drug-likeness (QED) is 0.664. The Bertz CT molecular complexity index is 412. The summed E-state index contributed by atoms with van der Waals surface area (Å²) in [6.45, 7) is 0.764. The van der Waals surface area contributed by atoms with Crippen LogP contribution in [-0.2, 0) is 6.42 Å². The van der Waals surface area contributed by atoms with Gasteiger partial charge in [-0.15, -0.1) is 0 Å². The first-order valence-corrected chi connectivity index (χ1v) is 4.85. The molecule has 0 saturated heterocycles. The Balaban J connectivity index is 1.86. The van der Waals surface area contributed by atoms with Crippen molar-refractivity contribution < 1.29 is 5.11 Å². The van der Waals surface area contributed by atoms with Crippen LogP contribution in [0.15, 0.2) is 36.8 Å². The molecule has 4 heteroatoms. The molecule has 2 aromatic rings. The summed E-state index contributed by atoms with van der Waals surface area (Å²) in [6, 6.07) is 7.20. The van der Waals surface area contributed by atoms with Crippen molar-refractivity contribution in [3.63, 3.8) is 0 Å². The average Bonchev–Trinajstić information content (AvgIpc) is 2.74. The van der Waals surface area contributed by atoms with Crippen molar-refractivity contribution in [2.45, 2.75) is 6.42 Å². The molecule has 0 aliphatic heterocycles. The van der Waals surface area contributed by atoms with Gasteiger partial charge in [0.2, 0.25) is 0 Å². The fraction of sp³-hybridized carbons (Fsp3) is 0.182. The van der Waals surface area contributed by atoms with Crippen molar-refractivity contribution in [3.05, 3.63) is 42.5 Å². The van der Waals surface area contributed by atoms with Gasteiger partial charge >= 0.3 is 0 Å². The summed E-state index contributed by atoms with van der Waals surface area (Å²) < 4.78 is 0. The molecule has 0 bridgehead atoms. The Morgan fingerprint density at radius 3 is 2.93 bits per heavy atom. The van der Waals surface area contributed by atoms with Gasteiger partial charge in [0.15, 0.2) is 0 Å². The third kappa shape index (κ3) is 2.49. The molecule has 0 unspecified atom stereocenters. The fourth-order valence-corrected chi connectivity index (χ4v) is 1.38. The third-order valence-corrected chi connectivity index (χ3v) is 2.17. The van der Waals surface area contributed by atoms with Crippen molar-refractivity contribution in [3.8, 4) is 5.75 Å². The Morgan fingerprint density at radius 2 is 2.20 bits per heavy atom. The number of phenols is 1. The van der Waals surface area contributed by atoms with E-state index in [1.165, 1.54) is 0 Å². The molecule has 0 aliphatic rings. The Kier molecular flexibility index (Phi) is 2.88. The minimum atomic E-state index is 0.280. The Labute approximate surface area is 88.0 Å². The van der Waals surface area contributed by atoms with Crippen LogP contribution in [0, 0.1) is 0 Å². The van der Waals surface area contributed by atoms with E-state index in [0.717, 1.165) is 24.3 Å². The largest absolute Gasteiger partial charge is 0.506 e. The number of aromatic nitrogens is 2. The van der Waals surface area contributed by atoms with Crippen LogP contribution < -0.4 is 5.32 Å². The van der Waals surface area contributed by atoms with Crippen LogP contribution in [0.5, 0.6) is 5.75 Å². The van der Waals surface area contributed by atoms with Crippen LogP contribution in [0.25, 0.3) is 0 Å². The minimum absolute atomic E-state index is 0.280. The monoisotopic (exact) mass is 203 g/mol. The van der Waals surface area contributed by atoms with Crippen LogP contribution in [0.1, 0.15) is 5.69 Å². The molecule has 2 rings (SSSR count). The summed E-state index contributed by atoms with van der Waals surface area (Å²) in [5, 5.41) is 12.6. The molecule has 1 heterocycles. The van der Waals surface area contributed by atoms with E-state index < -0.39 is 0 Å². The number of rotatable bonds is 4. The van der Waals surface area contributed by atoms with Crippen molar-refractivity contribution in [1.29, 1.82) is 0 Å². The number of hydrogen-bond acceptors (Lipinski definition) is 3. The highest BCUT2D eigenvalue weighted by atomic mass is 16.3. The maximum Gasteiger partial charge on any atom is 0.138 e. The topological polar surface area (TPSA) is 60.9 Å². The van der Waals surface area contributed by atoms with E-state index >= 15 is 0 Å². The summed E-state index contributed by atoms with van der Waals surface area (Å²) in [7, 11) is 0. The molecular formula is C11H13N3O. The normalized spacial score (nSPS) is 10.1. The number of aromatic hydroxyl groups is 1. The summed E-state index contributed by atoms with van der Waals surface area (Å²) in [5.74, 6) is 0.280. The molecule has 15 heavy (non-hydrogen) atoms. The molecular weight excluding hydrogens is 190 g/mol. The van der Waals surface area contributed by atoms with Gasteiger partial charge in [0.1, 0.15) is 5.75 Å². The van der Waals surface area contributed by atoms with E-state index in [0.29, 0.717) is 0 Å². The molecule has 0 aliphatic carbocycles. The molecule has 78 valence electrons. The van der Waals surface area contributed by atoms with Crippen LogP contribution in [0.2, 0.25) is 0 Å². The molecule has 4 nitrogen and oxygen atoms in total. The third-order valence-electron chi connectivity index (χ3n) is 2.17. The van der Waals surface area contributed by atoms with E-state index in [1.54, 1.807) is 24.7 Å². The summed E-state index contributed by atoms with van der Waals surface area (Å²) >= 11 is 0. The van der Waals surface area contributed by atoms with Gasteiger partial charge < -0.3 is 15.4 Å². The molecule has 0 spiro atoms. The lowest BCUT2D eigenvalue weighted by molar-refractivity contribution is 0.477. The highest BCUT2D eigenvalue weighted by Crippen LogP contribution is 2.20. The van der Waals surface area contributed by atoms with E-state index in [1.807, 2.05) is 12.1 Å². The second-order valence-corrected chi connectivity index (χ2v) is 3.27. The molecule has 0 atom stereocenters. The van der Waals surface area contributed by atoms with Gasteiger partial charge in [-0.05, 0) is 12.1 Å². The van der Waals surface area contributed by atoms with Crippen LogP contribution in [0.3, 0.4) is 0 Å². The predicted molar refractivity (Wildman–Crippen MR) is 58.9 cm³/mol. The van der Waals surface area contributed by atoms with E-state index in [2.05, 4.69) is 15.3 Å². The maximum absolute atomic E-state index is 9.49. The molecule has 0 fully saturated rings. The predicted octanol–water partition coefficient (Wildman–Crippen LogP) is 1.77. The zero-order chi connectivity index (χ0) is 10.5. The zero-order valence-electron chi connectivity index (χ0n) is 8.27. The van der Waals surface area contributed by atoms with Gasteiger partial charge in [-0.25, -0.2) is 4.98 Å². The second kappa shape index (κ2) is 4.50. The number of imidazole rings is 1. The van der Waals surface area contributed by atoms with Crippen molar-refractivity contribution in [2.24, 2.45) is 0 Å². The van der Waals surface area contributed by atoms with Gasteiger partial charge in [0, 0.05) is 24.9 Å². The second-order valence-electron chi connectivity index (χ2n) is 3.27. The maximum atomic E-state index is 9.49. The number of aromatic amines is 1. The average molecular weight is 203 g/mol. The molecule has 1 aromatic heterocycles. The summed E-state index contributed by atoms with van der Waals surface area (Å²) in [6.07, 6.45) is 4.32. The number of para-hydroxylation sites is 2. The first-order chi connectivity index (χ1) is 7.36. The number of hydrogen-bond donors (Lipinski definition) is 3. The van der Waals surface area contributed by atoms with Gasteiger partial charge in [0.05, 0.1) is 12.0 Å². The van der Waals surface area contributed by atoms with Gasteiger partial charge in [-0.1, -0.05) is 12.1 Å². The first kappa shape index (κ1) is 9.58. The SMILES string of the molecule is Oc1ccccc1NCCc1cnc[nH]1. The molecule has 0 radical (unpaired) electrons. The first-order valence-electron chi connectivity index (χ1n) is 4.85. The van der Waals surface area contributed by atoms with E-state index in [9.17, 15) is 5.11 Å². The van der Waals surface area contributed by atoms with Crippen molar-refractivity contribution in [1.82, 2.24) is 9.97 Å². The van der Waals surface area contributed by atoms with E-state index in [-0.39, 0.29) is 5.75 Å². The van der Waals surface area contributed by atoms with Gasteiger partial charge in [0.25, 0.3) is 0 Å². The van der Waals surface area contributed by atoms with Crippen molar-refractivity contribution >= 4 is 5.69 Å². The Hall–Kier alpha value is -1.97. The standard InChI is InChI=1S/C11H13N3O/c15-11-4-2-1-3-10(11)13-6-5-9-7-12-8-14-9/h1-4,7-8,13,15H,5-6H2,(H,12,14). The number of benzene rings is 1. The van der Waals surface area contributed by atoms with Gasteiger partial charge in [-0.2, -0.15) is 0 Å². The summed E-state index contributed by atoms with van der Waals surface area (Å²) in [4.78, 5) is 6.96. The molecule has 3 N–H and O–H groups in total. The minimum Gasteiger partial charge on any atom is -0.506 e. The highest BCUT2D eigenvalue weighted by molar-refractivity contribution is 5.55. The number of anilines is 1. The summed E-state index contributed by atoms with van der Waals surface area (Å²) in [5.41, 5.74) is 1.84. The number of phenolic OH excluding ortho intramolecular Hbond substituents is 1. The number of nitrogens with zero attached hydrogens (tertiary/aromatic N) is 1. The number of H-pyrrole nitrogens is 1. The lowest BCUT2D eigenvalue weighted by Gasteiger charge is -2.06. The smallest absolute Gasteiger partial charge is 0.138 e. The van der Waals surface area contributed by atoms with Crippen LogP contribution in [-0.4, -0.2) is 21.6 Å². The molecule has 1 aromatic carbocycles. The lowest BCUT2D eigenvalue weighted by atomic mass is 10.2. The highest BCUT2D eigenvalue weighted by Gasteiger charge is 1.98. The Morgan fingerprint density at radius 1 is 1.33 bits per heavy atom. The van der Waals surface area contributed by atoms with Gasteiger partial charge in [-0.3, -0.25) is 0 Å².